The van der Waals surface area contributed by atoms with Crippen molar-refractivity contribution in [3.05, 3.63) is 0 Å². The van der Waals surface area contributed by atoms with Crippen LogP contribution in [0.25, 0.3) is 0 Å². The fourth-order valence-electron chi connectivity index (χ4n) is 1.89. The van der Waals surface area contributed by atoms with Gasteiger partial charge in [0.15, 0.2) is 0 Å². The van der Waals surface area contributed by atoms with Crippen LogP contribution >= 0.6 is 0 Å². The van der Waals surface area contributed by atoms with Crippen LogP contribution in [0.15, 0.2) is 0 Å². The molecular formula is C9H19N. The molecule has 1 atom stereocenters. The number of hydrogen-bond donors (Lipinski definition) is 0. The second-order valence-corrected chi connectivity index (χ2v) is 4.05. The minimum Gasteiger partial charge on any atom is -0.306 e. The summed E-state index contributed by atoms with van der Waals surface area (Å²) in [4.78, 5) is 2.44. The minimum atomic E-state index is 0.886. The van der Waals surface area contributed by atoms with Gasteiger partial charge in [0.2, 0.25) is 0 Å². The van der Waals surface area contributed by atoms with Crippen molar-refractivity contribution in [1.29, 1.82) is 0 Å². The summed E-state index contributed by atoms with van der Waals surface area (Å²) in [7, 11) is 2.22. The first-order valence-corrected chi connectivity index (χ1v) is 4.37. The maximum atomic E-state index is 2.44. The van der Waals surface area contributed by atoms with Gasteiger partial charge < -0.3 is 4.90 Å². The molecule has 1 heteroatoms. The Hall–Kier alpha value is -0.0400. The van der Waals surface area contributed by atoms with Crippen LogP contribution in [0.5, 0.6) is 0 Å². The molecule has 0 amide bonds. The zero-order chi connectivity index (χ0) is 7.56. The summed E-state index contributed by atoms with van der Waals surface area (Å²) < 4.78 is 0. The van der Waals surface area contributed by atoms with Gasteiger partial charge in [0.1, 0.15) is 0 Å². The molecule has 0 N–H and O–H groups in total. The molecule has 1 fully saturated rings. The van der Waals surface area contributed by atoms with Gasteiger partial charge in [-0.1, -0.05) is 13.8 Å². The lowest BCUT2D eigenvalue weighted by atomic mass is 9.97. The Kier molecular flexibility index (Phi) is 2.72. The molecular weight excluding hydrogens is 122 g/mol. The van der Waals surface area contributed by atoms with Gasteiger partial charge in [-0.2, -0.15) is 0 Å². The Labute approximate surface area is 64.4 Å². The smallest absolute Gasteiger partial charge is 0.000718 e. The fraction of sp³-hybridized carbons (Fsp3) is 1.00. The summed E-state index contributed by atoms with van der Waals surface area (Å²) in [5.41, 5.74) is 0. The Morgan fingerprint density at radius 3 is 2.60 bits per heavy atom. The Balaban J connectivity index is 2.18. The number of nitrogens with zero attached hydrogens (tertiary/aromatic N) is 1. The highest BCUT2D eigenvalue weighted by Crippen LogP contribution is 2.21. The van der Waals surface area contributed by atoms with E-state index in [1.54, 1.807) is 0 Å². The monoisotopic (exact) mass is 141 g/mol. The van der Waals surface area contributed by atoms with Crippen LogP contribution in [0, 0.1) is 11.8 Å². The van der Waals surface area contributed by atoms with Crippen LogP contribution in [-0.4, -0.2) is 25.0 Å². The van der Waals surface area contributed by atoms with Crippen molar-refractivity contribution in [1.82, 2.24) is 4.90 Å². The molecule has 1 heterocycles. The summed E-state index contributed by atoms with van der Waals surface area (Å²) in [6.45, 7) is 7.28. The van der Waals surface area contributed by atoms with Crippen molar-refractivity contribution in [3.8, 4) is 0 Å². The van der Waals surface area contributed by atoms with Crippen molar-refractivity contribution in [2.24, 2.45) is 11.8 Å². The minimum absolute atomic E-state index is 0.886. The summed E-state index contributed by atoms with van der Waals surface area (Å²) in [5.74, 6) is 1.88. The third kappa shape index (κ3) is 2.30. The summed E-state index contributed by atoms with van der Waals surface area (Å²) in [6, 6.07) is 0. The van der Waals surface area contributed by atoms with Crippen LogP contribution < -0.4 is 0 Å². The van der Waals surface area contributed by atoms with Gasteiger partial charge in [-0.3, -0.25) is 0 Å². The van der Waals surface area contributed by atoms with Crippen LogP contribution in [0.2, 0.25) is 0 Å². The van der Waals surface area contributed by atoms with Crippen molar-refractivity contribution in [3.63, 3.8) is 0 Å². The van der Waals surface area contributed by atoms with E-state index in [0.717, 1.165) is 11.8 Å². The highest BCUT2D eigenvalue weighted by molar-refractivity contribution is 4.73. The van der Waals surface area contributed by atoms with E-state index in [1.165, 1.54) is 25.9 Å². The molecule has 0 aromatic rings. The topological polar surface area (TPSA) is 3.24 Å². The van der Waals surface area contributed by atoms with Crippen LogP contribution in [-0.2, 0) is 0 Å². The molecule has 0 aromatic heterocycles. The zero-order valence-corrected chi connectivity index (χ0v) is 7.43. The SMILES string of the molecule is CC(C)C[C@@H]1CCN(C)C1. The van der Waals surface area contributed by atoms with Gasteiger partial charge in [-0.25, -0.2) is 0 Å². The lowest BCUT2D eigenvalue weighted by Crippen LogP contribution is -2.14. The van der Waals surface area contributed by atoms with Crippen molar-refractivity contribution >= 4 is 0 Å². The predicted octanol–water partition coefficient (Wildman–Crippen LogP) is 1.98. The van der Waals surface area contributed by atoms with Gasteiger partial charge in [0.25, 0.3) is 0 Å². The third-order valence-electron chi connectivity index (χ3n) is 2.29. The van der Waals surface area contributed by atoms with Crippen molar-refractivity contribution in [2.45, 2.75) is 26.7 Å². The summed E-state index contributed by atoms with van der Waals surface area (Å²) >= 11 is 0. The lowest BCUT2D eigenvalue weighted by Gasteiger charge is -2.11. The van der Waals surface area contributed by atoms with Crippen molar-refractivity contribution in [2.75, 3.05) is 20.1 Å². The molecule has 1 rings (SSSR count). The Bertz CT molecular complexity index is 98.9. The molecule has 1 nitrogen and oxygen atoms in total. The molecule has 0 unspecified atom stereocenters. The molecule has 1 aliphatic rings. The first-order valence-electron chi connectivity index (χ1n) is 4.37. The van der Waals surface area contributed by atoms with Crippen LogP contribution in [0.1, 0.15) is 26.7 Å². The molecule has 0 aromatic carbocycles. The van der Waals surface area contributed by atoms with Gasteiger partial charge in [0.05, 0.1) is 0 Å². The van der Waals surface area contributed by atoms with Gasteiger partial charge in [0, 0.05) is 6.54 Å². The predicted molar refractivity (Wildman–Crippen MR) is 45.1 cm³/mol. The zero-order valence-electron chi connectivity index (χ0n) is 7.43. The van der Waals surface area contributed by atoms with Crippen LogP contribution in [0.3, 0.4) is 0 Å². The molecule has 0 aliphatic carbocycles. The van der Waals surface area contributed by atoms with E-state index in [0.29, 0.717) is 0 Å². The average molecular weight is 141 g/mol. The lowest BCUT2D eigenvalue weighted by molar-refractivity contribution is 0.367. The molecule has 0 radical (unpaired) electrons. The highest BCUT2D eigenvalue weighted by atomic mass is 15.1. The van der Waals surface area contributed by atoms with E-state index in [4.69, 9.17) is 0 Å². The molecule has 0 bridgehead atoms. The van der Waals surface area contributed by atoms with E-state index in [-0.39, 0.29) is 0 Å². The Morgan fingerprint density at radius 2 is 2.20 bits per heavy atom. The van der Waals surface area contributed by atoms with Crippen molar-refractivity contribution < 1.29 is 0 Å². The van der Waals surface area contributed by atoms with Gasteiger partial charge >= 0.3 is 0 Å². The highest BCUT2D eigenvalue weighted by Gasteiger charge is 2.19. The maximum absolute atomic E-state index is 2.44. The van der Waals surface area contributed by atoms with E-state index in [1.807, 2.05) is 0 Å². The van der Waals surface area contributed by atoms with E-state index >= 15 is 0 Å². The molecule has 1 aliphatic heterocycles. The normalized spacial score (nSPS) is 28.2. The second kappa shape index (κ2) is 3.38. The molecule has 1 saturated heterocycles. The first kappa shape index (κ1) is 8.06. The second-order valence-electron chi connectivity index (χ2n) is 4.05. The molecule has 10 heavy (non-hydrogen) atoms. The third-order valence-corrected chi connectivity index (χ3v) is 2.29. The Morgan fingerprint density at radius 1 is 1.50 bits per heavy atom. The fourth-order valence-corrected chi connectivity index (χ4v) is 1.89. The van der Waals surface area contributed by atoms with E-state index in [2.05, 4.69) is 25.8 Å². The average Bonchev–Trinajstić information content (AvgIpc) is 2.13. The standard InChI is InChI=1S/C9H19N/c1-8(2)6-9-4-5-10(3)7-9/h8-9H,4-7H2,1-3H3/t9-/m0/s1. The summed E-state index contributed by atoms with van der Waals surface area (Å²) in [5, 5.41) is 0. The quantitative estimate of drug-likeness (QED) is 0.568. The maximum Gasteiger partial charge on any atom is 0.000718 e. The number of hydrogen-bond acceptors (Lipinski definition) is 1. The first-order chi connectivity index (χ1) is 4.68. The number of rotatable bonds is 2. The number of likely N-dealkylation sites (tertiary alicyclic amines) is 1. The molecule has 60 valence electrons. The van der Waals surface area contributed by atoms with E-state index < -0.39 is 0 Å². The molecule has 0 saturated carbocycles. The molecule has 0 spiro atoms. The summed E-state index contributed by atoms with van der Waals surface area (Å²) in [6.07, 6.45) is 2.85. The van der Waals surface area contributed by atoms with Crippen LogP contribution in [0.4, 0.5) is 0 Å². The largest absolute Gasteiger partial charge is 0.306 e. The van der Waals surface area contributed by atoms with Gasteiger partial charge in [-0.05, 0) is 38.3 Å². The van der Waals surface area contributed by atoms with Gasteiger partial charge in [-0.15, -0.1) is 0 Å². The van der Waals surface area contributed by atoms with E-state index in [9.17, 15) is 0 Å².